The van der Waals surface area contributed by atoms with Crippen molar-refractivity contribution in [2.75, 3.05) is 0 Å². The van der Waals surface area contributed by atoms with Gasteiger partial charge < -0.3 is 0 Å². The van der Waals surface area contributed by atoms with E-state index in [1.54, 1.807) is 0 Å². The van der Waals surface area contributed by atoms with Crippen LogP contribution in [0.3, 0.4) is 0 Å². The molecule has 3 rings (SSSR count). The van der Waals surface area contributed by atoms with Crippen molar-refractivity contribution in [2.45, 2.75) is 26.7 Å². The van der Waals surface area contributed by atoms with Gasteiger partial charge in [0.1, 0.15) is 0 Å². The number of rotatable bonds is 3. The largest absolute Gasteiger partial charge is 0.144 e. The highest BCUT2D eigenvalue weighted by molar-refractivity contribution is 7.17. The first-order valence-electron chi connectivity index (χ1n) is 6.76. The monoisotopic (exact) mass is 266 g/mol. The molecule has 96 valence electrons. The molecular formula is C18H18S. The van der Waals surface area contributed by atoms with Gasteiger partial charge in [-0.25, -0.2) is 0 Å². The molecule has 1 heterocycles. The zero-order valence-corrected chi connectivity index (χ0v) is 12.3. The number of benzene rings is 2. The fourth-order valence-electron chi connectivity index (χ4n) is 2.70. The van der Waals surface area contributed by atoms with E-state index in [0.29, 0.717) is 0 Å². The molecule has 0 saturated heterocycles. The Morgan fingerprint density at radius 1 is 0.947 bits per heavy atom. The molecule has 0 atom stereocenters. The van der Waals surface area contributed by atoms with E-state index in [1.807, 2.05) is 11.3 Å². The minimum atomic E-state index is 1.12. The Morgan fingerprint density at radius 2 is 1.74 bits per heavy atom. The van der Waals surface area contributed by atoms with Crippen molar-refractivity contribution in [1.82, 2.24) is 0 Å². The maximum absolute atomic E-state index is 2.37. The summed E-state index contributed by atoms with van der Waals surface area (Å²) < 4.78 is 1.45. The van der Waals surface area contributed by atoms with Crippen LogP contribution in [0.4, 0.5) is 0 Å². The van der Waals surface area contributed by atoms with Crippen molar-refractivity contribution < 1.29 is 0 Å². The molecule has 0 nitrogen and oxygen atoms in total. The lowest BCUT2D eigenvalue weighted by atomic mass is 9.96. The molecule has 0 bridgehead atoms. The fraction of sp³-hybridized carbons (Fsp3) is 0.222. The molecule has 1 aromatic heterocycles. The van der Waals surface area contributed by atoms with Crippen LogP contribution in [-0.2, 0) is 12.8 Å². The summed E-state index contributed by atoms with van der Waals surface area (Å²) >= 11 is 1.85. The third-order valence-electron chi connectivity index (χ3n) is 3.83. The third kappa shape index (κ3) is 2.43. The summed E-state index contributed by atoms with van der Waals surface area (Å²) in [6, 6.07) is 15.4. The van der Waals surface area contributed by atoms with E-state index in [-0.39, 0.29) is 0 Å². The van der Waals surface area contributed by atoms with Crippen LogP contribution < -0.4 is 0 Å². The van der Waals surface area contributed by atoms with Crippen molar-refractivity contribution in [3.8, 4) is 0 Å². The van der Waals surface area contributed by atoms with Gasteiger partial charge in [0, 0.05) is 4.70 Å². The molecular weight excluding hydrogens is 248 g/mol. The molecule has 2 aromatic carbocycles. The van der Waals surface area contributed by atoms with Crippen LogP contribution in [0.2, 0.25) is 0 Å². The van der Waals surface area contributed by atoms with E-state index in [1.165, 1.54) is 32.3 Å². The molecule has 0 unspecified atom stereocenters. The zero-order valence-electron chi connectivity index (χ0n) is 11.4. The Hall–Kier alpha value is -1.60. The van der Waals surface area contributed by atoms with E-state index in [0.717, 1.165) is 12.8 Å². The molecule has 0 spiro atoms. The first-order chi connectivity index (χ1) is 9.25. The van der Waals surface area contributed by atoms with Gasteiger partial charge >= 0.3 is 0 Å². The smallest absolute Gasteiger partial charge is 0.0374 e. The average Bonchev–Trinajstić information content (AvgIpc) is 2.92. The van der Waals surface area contributed by atoms with Crippen LogP contribution in [0, 0.1) is 13.8 Å². The van der Waals surface area contributed by atoms with Gasteiger partial charge in [-0.2, -0.15) is 0 Å². The molecule has 0 aliphatic carbocycles. The molecule has 0 aliphatic rings. The van der Waals surface area contributed by atoms with Gasteiger partial charge in [-0.3, -0.25) is 0 Å². The summed E-state index contributed by atoms with van der Waals surface area (Å²) in [5.41, 5.74) is 5.79. The zero-order chi connectivity index (χ0) is 13.2. The minimum absolute atomic E-state index is 1.12. The molecule has 0 N–H and O–H groups in total. The first-order valence-corrected chi connectivity index (χ1v) is 7.64. The van der Waals surface area contributed by atoms with Crippen molar-refractivity contribution in [2.24, 2.45) is 0 Å². The topological polar surface area (TPSA) is 0 Å². The van der Waals surface area contributed by atoms with E-state index >= 15 is 0 Å². The fourth-order valence-corrected chi connectivity index (χ4v) is 3.63. The molecule has 0 radical (unpaired) electrons. The standard InChI is InChI=1S/C18H18S/c1-13-12-16(9-8-15-6-4-3-5-7-15)14(2)17-10-11-19-18(13)17/h3-7,10-12H,8-9H2,1-2H3. The predicted molar refractivity (Wildman–Crippen MR) is 85.1 cm³/mol. The Balaban J connectivity index is 1.91. The van der Waals surface area contributed by atoms with Crippen molar-refractivity contribution in [3.05, 3.63) is 70.1 Å². The van der Waals surface area contributed by atoms with Crippen molar-refractivity contribution in [3.63, 3.8) is 0 Å². The third-order valence-corrected chi connectivity index (χ3v) is 4.88. The van der Waals surface area contributed by atoms with Gasteiger partial charge in [-0.1, -0.05) is 36.4 Å². The van der Waals surface area contributed by atoms with Crippen LogP contribution in [-0.4, -0.2) is 0 Å². The molecule has 0 fully saturated rings. The molecule has 3 aromatic rings. The lowest BCUT2D eigenvalue weighted by Crippen LogP contribution is -1.95. The second-order valence-corrected chi connectivity index (χ2v) is 6.04. The SMILES string of the molecule is Cc1c(CCc2ccccc2)cc(C)c2sccc12. The Bertz CT molecular complexity index is 692. The Morgan fingerprint density at radius 3 is 2.53 bits per heavy atom. The van der Waals surface area contributed by atoms with Gasteiger partial charge in [-0.15, -0.1) is 11.3 Å². The summed E-state index contributed by atoms with van der Waals surface area (Å²) in [6.45, 7) is 4.49. The van der Waals surface area contributed by atoms with Crippen LogP contribution in [0.15, 0.2) is 47.8 Å². The average molecular weight is 266 g/mol. The highest BCUT2D eigenvalue weighted by atomic mass is 32.1. The molecule has 0 saturated carbocycles. The van der Waals surface area contributed by atoms with Crippen LogP contribution >= 0.6 is 11.3 Å². The van der Waals surface area contributed by atoms with Crippen LogP contribution in [0.5, 0.6) is 0 Å². The Labute approximate surface area is 118 Å². The second-order valence-electron chi connectivity index (χ2n) is 5.13. The van der Waals surface area contributed by atoms with Crippen molar-refractivity contribution in [1.29, 1.82) is 0 Å². The van der Waals surface area contributed by atoms with Gasteiger partial charge in [-0.05, 0) is 65.8 Å². The number of fused-ring (bicyclic) bond motifs is 1. The van der Waals surface area contributed by atoms with Crippen molar-refractivity contribution >= 4 is 21.4 Å². The highest BCUT2D eigenvalue weighted by Gasteiger charge is 2.08. The lowest BCUT2D eigenvalue weighted by Gasteiger charge is -2.10. The van der Waals surface area contributed by atoms with Crippen LogP contribution in [0.25, 0.3) is 10.1 Å². The summed E-state index contributed by atoms with van der Waals surface area (Å²) in [7, 11) is 0. The van der Waals surface area contributed by atoms with Gasteiger partial charge in [0.2, 0.25) is 0 Å². The Kier molecular flexibility index (Phi) is 3.39. The van der Waals surface area contributed by atoms with E-state index in [2.05, 4.69) is 61.7 Å². The summed E-state index contributed by atoms with van der Waals surface area (Å²) in [6.07, 6.45) is 2.25. The van der Waals surface area contributed by atoms with Gasteiger partial charge in [0.15, 0.2) is 0 Å². The number of hydrogen-bond acceptors (Lipinski definition) is 1. The molecule has 1 heteroatoms. The molecule has 19 heavy (non-hydrogen) atoms. The minimum Gasteiger partial charge on any atom is -0.144 e. The first kappa shape index (κ1) is 12.4. The highest BCUT2D eigenvalue weighted by Crippen LogP contribution is 2.30. The number of aryl methyl sites for hydroxylation is 4. The maximum atomic E-state index is 2.37. The van der Waals surface area contributed by atoms with E-state index in [9.17, 15) is 0 Å². The normalized spacial score (nSPS) is 11.1. The van der Waals surface area contributed by atoms with Gasteiger partial charge in [0.05, 0.1) is 0 Å². The maximum Gasteiger partial charge on any atom is 0.0374 e. The second kappa shape index (κ2) is 5.18. The quantitative estimate of drug-likeness (QED) is 0.603. The van der Waals surface area contributed by atoms with Crippen LogP contribution in [0.1, 0.15) is 22.3 Å². The number of hydrogen-bond donors (Lipinski definition) is 0. The summed E-state index contributed by atoms with van der Waals surface area (Å²) in [5, 5.41) is 3.64. The molecule has 0 amide bonds. The summed E-state index contributed by atoms with van der Waals surface area (Å²) in [5.74, 6) is 0. The number of thiophene rings is 1. The predicted octanol–water partition coefficient (Wildman–Crippen LogP) is 5.30. The van der Waals surface area contributed by atoms with Gasteiger partial charge in [0.25, 0.3) is 0 Å². The summed E-state index contributed by atoms with van der Waals surface area (Å²) in [4.78, 5) is 0. The molecule has 0 aliphatic heterocycles. The lowest BCUT2D eigenvalue weighted by molar-refractivity contribution is 0.951. The van der Waals surface area contributed by atoms with E-state index in [4.69, 9.17) is 0 Å². The van der Waals surface area contributed by atoms with E-state index < -0.39 is 0 Å².